The molecule has 0 aliphatic heterocycles. The monoisotopic (exact) mass is 418 g/mol. The van der Waals surface area contributed by atoms with Crippen LogP contribution < -0.4 is 0 Å². The molecule has 1 aromatic rings. The zero-order valence-corrected chi connectivity index (χ0v) is 16.5. The molecule has 0 unspecified atom stereocenters. The first-order valence-electron chi connectivity index (χ1n) is 8.21. The van der Waals surface area contributed by atoms with Crippen molar-refractivity contribution in [3.63, 3.8) is 0 Å². The lowest BCUT2D eigenvalue weighted by molar-refractivity contribution is -0.158. The summed E-state index contributed by atoms with van der Waals surface area (Å²) in [6.45, 7) is 3.87. The van der Waals surface area contributed by atoms with Crippen LogP contribution in [-0.4, -0.2) is 29.5 Å². The molecular weight excluding hydrogens is 396 g/mol. The summed E-state index contributed by atoms with van der Waals surface area (Å²) in [5.74, 6) is -1.16. The van der Waals surface area contributed by atoms with Gasteiger partial charge in [0.2, 0.25) is 4.32 Å². The molecule has 0 aromatic heterocycles. The van der Waals surface area contributed by atoms with E-state index in [4.69, 9.17) is 21.1 Å². The molecule has 0 atom stereocenters. The van der Waals surface area contributed by atoms with Gasteiger partial charge in [0, 0.05) is 5.02 Å². The number of unbranched alkanes of at least 4 members (excludes halogenated alkanes) is 2. The first-order valence-corrected chi connectivity index (χ1v) is 9.39. The quantitative estimate of drug-likeness (QED) is 0.239. The summed E-state index contributed by atoms with van der Waals surface area (Å²) >= 11 is 9.12. The molecule has 0 amide bonds. The molecule has 0 aliphatic carbocycles. The number of halogens is 2. The molecule has 4 nitrogen and oxygen atoms in total. The molecule has 134 valence electrons. The molecule has 0 spiro atoms. The van der Waals surface area contributed by atoms with Crippen molar-refractivity contribution >= 4 is 39.5 Å². The van der Waals surface area contributed by atoms with E-state index in [-0.39, 0.29) is 13.2 Å². The topological polar surface area (TPSA) is 52.6 Å². The molecule has 0 radical (unpaired) electrons. The molecule has 0 saturated heterocycles. The third-order valence-corrected chi connectivity index (χ3v) is 4.89. The van der Waals surface area contributed by atoms with Crippen molar-refractivity contribution in [2.75, 3.05) is 13.2 Å². The van der Waals surface area contributed by atoms with E-state index in [1.807, 2.05) is 24.3 Å². The Morgan fingerprint density at radius 2 is 1.54 bits per heavy atom. The minimum atomic E-state index is -1.40. The molecule has 0 bridgehead atoms. The van der Waals surface area contributed by atoms with E-state index in [2.05, 4.69) is 15.9 Å². The normalized spacial score (nSPS) is 11.2. The van der Waals surface area contributed by atoms with Crippen molar-refractivity contribution < 1.29 is 19.1 Å². The number of carbonyl (C=O) groups excluding carboxylic acids is 2. The number of carbonyl (C=O) groups is 2. The molecule has 0 saturated carbocycles. The lowest BCUT2D eigenvalue weighted by Gasteiger charge is -2.23. The summed E-state index contributed by atoms with van der Waals surface area (Å²) in [6.07, 6.45) is 3.87. The highest BCUT2D eigenvalue weighted by Gasteiger charge is 2.46. The van der Waals surface area contributed by atoms with Crippen LogP contribution in [0.15, 0.2) is 24.3 Å². The fourth-order valence-electron chi connectivity index (χ4n) is 2.30. The van der Waals surface area contributed by atoms with Gasteiger partial charge >= 0.3 is 11.9 Å². The van der Waals surface area contributed by atoms with Crippen molar-refractivity contribution in [2.45, 2.75) is 50.3 Å². The zero-order valence-electron chi connectivity index (χ0n) is 14.1. The SMILES string of the molecule is CCOC(=O)C(Br)(CCCCCc1ccc(Cl)cc1)C(=O)OCC. The van der Waals surface area contributed by atoms with Crippen LogP contribution in [0.1, 0.15) is 45.1 Å². The van der Waals surface area contributed by atoms with Gasteiger partial charge in [-0.3, -0.25) is 0 Å². The van der Waals surface area contributed by atoms with Crippen molar-refractivity contribution in [1.82, 2.24) is 0 Å². The third kappa shape index (κ3) is 6.44. The molecule has 0 fully saturated rings. The van der Waals surface area contributed by atoms with Crippen LogP contribution in [0.25, 0.3) is 0 Å². The maximum absolute atomic E-state index is 12.1. The summed E-state index contributed by atoms with van der Waals surface area (Å²) in [5.41, 5.74) is 1.22. The minimum absolute atomic E-state index is 0.224. The predicted molar refractivity (Wildman–Crippen MR) is 98.5 cm³/mol. The number of aryl methyl sites for hydroxylation is 1. The second-order valence-corrected chi connectivity index (χ2v) is 7.22. The second-order valence-electron chi connectivity index (χ2n) is 5.43. The van der Waals surface area contributed by atoms with E-state index in [9.17, 15) is 9.59 Å². The number of benzene rings is 1. The van der Waals surface area contributed by atoms with E-state index in [1.54, 1.807) is 13.8 Å². The van der Waals surface area contributed by atoms with Crippen molar-refractivity contribution in [1.29, 1.82) is 0 Å². The number of hydrogen-bond acceptors (Lipinski definition) is 4. The first kappa shape index (κ1) is 21.0. The number of esters is 2. The molecule has 1 rings (SSSR count). The molecule has 6 heteroatoms. The summed E-state index contributed by atoms with van der Waals surface area (Å²) in [6, 6.07) is 7.77. The molecule has 0 aliphatic rings. The Bertz CT molecular complexity index is 512. The lowest BCUT2D eigenvalue weighted by atomic mass is 9.99. The Labute approximate surface area is 157 Å². The number of rotatable bonds is 10. The Morgan fingerprint density at radius 3 is 2.04 bits per heavy atom. The van der Waals surface area contributed by atoms with Crippen LogP contribution in [0, 0.1) is 0 Å². The Morgan fingerprint density at radius 1 is 1.00 bits per heavy atom. The van der Waals surface area contributed by atoms with E-state index in [1.165, 1.54) is 5.56 Å². The van der Waals surface area contributed by atoms with Gasteiger partial charge in [-0.25, -0.2) is 9.59 Å². The van der Waals surface area contributed by atoms with E-state index in [0.29, 0.717) is 6.42 Å². The lowest BCUT2D eigenvalue weighted by Crippen LogP contribution is -2.43. The number of hydrogen-bond donors (Lipinski definition) is 0. The predicted octanol–water partition coefficient (Wildman–Crippen LogP) is 4.70. The first-order chi connectivity index (χ1) is 11.4. The van der Waals surface area contributed by atoms with Gasteiger partial charge in [-0.05, 0) is 50.8 Å². The number of ether oxygens (including phenoxy) is 2. The van der Waals surface area contributed by atoms with Gasteiger partial charge in [-0.1, -0.05) is 52.5 Å². The van der Waals surface area contributed by atoms with Crippen LogP contribution in [0.4, 0.5) is 0 Å². The molecule has 0 heterocycles. The minimum Gasteiger partial charge on any atom is -0.465 e. The molecular formula is C18H24BrClO4. The zero-order chi connectivity index (χ0) is 18.0. The third-order valence-electron chi connectivity index (χ3n) is 3.60. The van der Waals surface area contributed by atoms with Crippen LogP contribution >= 0.6 is 27.5 Å². The van der Waals surface area contributed by atoms with Gasteiger partial charge in [0.15, 0.2) is 0 Å². The molecule has 24 heavy (non-hydrogen) atoms. The molecule has 1 aromatic carbocycles. The van der Waals surface area contributed by atoms with Crippen molar-refractivity contribution in [2.24, 2.45) is 0 Å². The van der Waals surface area contributed by atoms with Gasteiger partial charge in [0.05, 0.1) is 13.2 Å². The van der Waals surface area contributed by atoms with E-state index < -0.39 is 16.3 Å². The van der Waals surface area contributed by atoms with Crippen LogP contribution in [0.2, 0.25) is 5.02 Å². The average Bonchev–Trinajstić information content (AvgIpc) is 2.56. The fraction of sp³-hybridized carbons (Fsp3) is 0.556. The summed E-state index contributed by atoms with van der Waals surface area (Å²) in [5, 5.41) is 0.728. The summed E-state index contributed by atoms with van der Waals surface area (Å²) in [7, 11) is 0. The van der Waals surface area contributed by atoms with Gasteiger partial charge in [0.25, 0.3) is 0 Å². The second kappa shape index (κ2) is 10.7. The van der Waals surface area contributed by atoms with Gasteiger partial charge in [-0.15, -0.1) is 0 Å². The van der Waals surface area contributed by atoms with Gasteiger partial charge in [-0.2, -0.15) is 0 Å². The highest BCUT2D eigenvalue weighted by atomic mass is 79.9. The van der Waals surface area contributed by atoms with Crippen molar-refractivity contribution in [3.8, 4) is 0 Å². The van der Waals surface area contributed by atoms with E-state index in [0.717, 1.165) is 30.7 Å². The van der Waals surface area contributed by atoms with Gasteiger partial charge in [0.1, 0.15) is 0 Å². The standard InChI is InChI=1S/C18H24BrClO4/c1-3-23-16(21)18(19,17(22)24-4-2)13-7-5-6-8-14-9-11-15(20)12-10-14/h9-12H,3-8,13H2,1-2H3. The maximum atomic E-state index is 12.1. The number of alkyl halides is 1. The smallest absolute Gasteiger partial charge is 0.334 e. The Balaban J connectivity index is 2.48. The average molecular weight is 420 g/mol. The van der Waals surface area contributed by atoms with Crippen molar-refractivity contribution in [3.05, 3.63) is 34.9 Å². The van der Waals surface area contributed by atoms with Crippen LogP contribution in [0.3, 0.4) is 0 Å². The Kier molecular flexibility index (Phi) is 9.37. The van der Waals surface area contributed by atoms with E-state index >= 15 is 0 Å². The van der Waals surface area contributed by atoms with Gasteiger partial charge < -0.3 is 9.47 Å². The highest BCUT2D eigenvalue weighted by molar-refractivity contribution is 9.10. The largest absolute Gasteiger partial charge is 0.465 e. The fourth-order valence-corrected chi connectivity index (χ4v) is 2.94. The van der Waals surface area contributed by atoms with Crippen LogP contribution in [0.5, 0.6) is 0 Å². The maximum Gasteiger partial charge on any atom is 0.334 e. The highest BCUT2D eigenvalue weighted by Crippen LogP contribution is 2.29. The summed E-state index contributed by atoms with van der Waals surface area (Å²) < 4.78 is 8.62. The summed E-state index contributed by atoms with van der Waals surface area (Å²) in [4.78, 5) is 24.2. The Hall–Kier alpha value is -1.07. The molecule has 0 N–H and O–H groups in total. The van der Waals surface area contributed by atoms with Crippen LogP contribution in [-0.2, 0) is 25.5 Å².